The molecule has 0 spiro atoms. The molecule has 0 bridgehead atoms. The number of tetrazole rings is 1. The van der Waals surface area contributed by atoms with Crippen molar-refractivity contribution in [1.82, 2.24) is 25.1 Å². The zero-order valence-electron chi connectivity index (χ0n) is 21.4. The van der Waals surface area contributed by atoms with Crippen molar-refractivity contribution in [3.05, 3.63) is 76.9 Å². The fraction of sp³-hybridized carbons (Fsp3) is 0.393. The summed E-state index contributed by atoms with van der Waals surface area (Å²) < 4.78 is 21.9. The first-order valence-electron chi connectivity index (χ1n) is 12.7. The number of benzene rings is 2. The van der Waals surface area contributed by atoms with Gasteiger partial charge in [0.2, 0.25) is 0 Å². The van der Waals surface area contributed by atoms with Crippen molar-refractivity contribution < 1.29 is 18.7 Å². The van der Waals surface area contributed by atoms with Gasteiger partial charge in [-0.1, -0.05) is 42.1 Å². The second-order valence-corrected chi connectivity index (χ2v) is 11.1. The first-order chi connectivity index (χ1) is 18.4. The summed E-state index contributed by atoms with van der Waals surface area (Å²) in [5.41, 5.74) is 2.35. The first-order valence-corrected chi connectivity index (χ1v) is 13.6. The van der Waals surface area contributed by atoms with E-state index in [1.807, 2.05) is 35.2 Å². The number of Topliss-reactive ketones (excluding diaryl/α,β-unsaturated/α-hetero) is 1. The van der Waals surface area contributed by atoms with Crippen LogP contribution in [0.15, 0.2) is 54.1 Å². The van der Waals surface area contributed by atoms with Gasteiger partial charge in [0.05, 0.1) is 19.7 Å². The van der Waals surface area contributed by atoms with Gasteiger partial charge in [-0.3, -0.25) is 14.5 Å². The lowest BCUT2D eigenvalue weighted by molar-refractivity contribution is -0.126. The number of methoxy groups -OCH3 is 1. The van der Waals surface area contributed by atoms with Crippen LogP contribution in [-0.4, -0.2) is 61.5 Å². The smallest absolute Gasteiger partial charge is 0.186 e. The molecule has 1 saturated heterocycles. The Kier molecular flexibility index (Phi) is 7.99. The molecule has 2 aliphatic rings. The third kappa shape index (κ3) is 6.02. The predicted octanol–water partition coefficient (Wildman–Crippen LogP) is 4.33. The molecule has 1 aromatic heterocycles. The molecule has 0 radical (unpaired) electrons. The lowest BCUT2D eigenvalue weighted by atomic mass is 9.93. The van der Waals surface area contributed by atoms with Crippen LogP contribution in [0, 0.1) is 11.7 Å². The van der Waals surface area contributed by atoms with Crippen molar-refractivity contribution in [2.75, 3.05) is 20.2 Å². The van der Waals surface area contributed by atoms with E-state index >= 15 is 0 Å². The highest BCUT2D eigenvalue weighted by Gasteiger charge is 2.41. The van der Waals surface area contributed by atoms with Gasteiger partial charge in [-0.2, -0.15) is 0 Å². The van der Waals surface area contributed by atoms with Crippen molar-refractivity contribution >= 4 is 28.7 Å². The maximum atomic E-state index is 14.9. The first kappa shape index (κ1) is 26.2. The number of thioether (sulfide) groups is 1. The van der Waals surface area contributed by atoms with E-state index in [1.165, 1.54) is 17.8 Å². The Morgan fingerprint density at radius 2 is 1.92 bits per heavy atom. The van der Waals surface area contributed by atoms with Crippen LogP contribution >= 0.6 is 11.8 Å². The summed E-state index contributed by atoms with van der Waals surface area (Å²) >= 11 is 1.27. The topological polar surface area (TPSA) is 90.2 Å². The van der Waals surface area contributed by atoms with Crippen molar-refractivity contribution in [3.8, 4) is 5.75 Å². The van der Waals surface area contributed by atoms with E-state index in [2.05, 4.69) is 15.5 Å². The lowest BCUT2D eigenvalue weighted by Crippen LogP contribution is -2.43. The van der Waals surface area contributed by atoms with Gasteiger partial charge in [0.1, 0.15) is 11.6 Å². The van der Waals surface area contributed by atoms with E-state index < -0.39 is 6.04 Å². The second kappa shape index (κ2) is 11.6. The number of carbonyl (C=O) groups excluding carboxylic acids is 2. The van der Waals surface area contributed by atoms with E-state index in [4.69, 9.17) is 4.74 Å². The number of halogens is 1. The third-order valence-corrected chi connectivity index (χ3v) is 8.12. The third-order valence-electron chi connectivity index (χ3n) is 6.97. The van der Waals surface area contributed by atoms with E-state index in [1.54, 1.807) is 36.9 Å². The van der Waals surface area contributed by atoms with Crippen LogP contribution in [-0.2, 0) is 16.1 Å². The Balaban J connectivity index is 1.45. The molecular formula is C28H30FN5O3S. The molecule has 1 saturated carbocycles. The molecular weight excluding hydrogens is 505 g/mol. The number of ether oxygens (including phenoxy) is 1. The molecule has 2 heterocycles. The summed E-state index contributed by atoms with van der Waals surface area (Å²) in [6.45, 7) is 3.01. The van der Waals surface area contributed by atoms with Gasteiger partial charge in [0.15, 0.2) is 16.7 Å². The number of nitrogens with zero attached hydrogens (tertiary/aromatic N) is 5. The molecule has 10 heteroatoms. The average Bonchev–Trinajstić information content (AvgIpc) is 3.68. The fourth-order valence-electron chi connectivity index (χ4n) is 4.89. The van der Waals surface area contributed by atoms with E-state index in [0.717, 1.165) is 29.7 Å². The largest absolute Gasteiger partial charge is 0.497 e. The van der Waals surface area contributed by atoms with Gasteiger partial charge in [-0.05, 0) is 65.1 Å². The molecule has 38 heavy (non-hydrogen) atoms. The fourth-order valence-corrected chi connectivity index (χ4v) is 5.81. The molecule has 1 aliphatic heterocycles. The lowest BCUT2D eigenvalue weighted by Gasteiger charge is -2.38. The molecule has 2 aromatic carbocycles. The molecule has 0 amide bonds. The average molecular weight is 536 g/mol. The Hall–Kier alpha value is -3.37. The molecule has 5 rings (SSSR count). The van der Waals surface area contributed by atoms with Gasteiger partial charge in [-0.15, -0.1) is 5.10 Å². The van der Waals surface area contributed by atoms with Crippen LogP contribution in [0.25, 0.3) is 6.08 Å². The normalized spacial score (nSPS) is 19.9. The molecule has 8 nitrogen and oxygen atoms in total. The summed E-state index contributed by atoms with van der Waals surface area (Å²) in [7, 11) is 1.62. The SMILES string of the molecule is COc1ccc(Cn2nnnc2/C=C2/CN(C(C(=O)C3CC3)c3ccccc3F)CCC2SC(C)=O)cc1. The Morgan fingerprint density at radius 3 is 2.61 bits per heavy atom. The van der Waals surface area contributed by atoms with Crippen molar-refractivity contribution in [2.24, 2.45) is 5.92 Å². The molecule has 2 unspecified atom stereocenters. The van der Waals surface area contributed by atoms with Gasteiger partial charge in [0, 0.05) is 36.7 Å². The predicted molar refractivity (Wildman–Crippen MR) is 143 cm³/mol. The van der Waals surface area contributed by atoms with Crippen LogP contribution in [0.2, 0.25) is 0 Å². The van der Waals surface area contributed by atoms with Crippen LogP contribution in [0.1, 0.15) is 49.2 Å². The van der Waals surface area contributed by atoms with Gasteiger partial charge < -0.3 is 4.74 Å². The maximum Gasteiger partial charge on any atom is 0.186 e. The monoisotopic (exact) mass is 535 g/mol. The van der Waals surface area contributed by atoms with Gasteiger partial charge in [-0.25, -0.2) is 9.07 Å². The molecule has 2 fully saturated rings. The number of carbonyl (C=O) groups is 2. The number of aromatic nitrogens is 4. The summed E-state index contributed by atoms with van der Waals surface area (Å²) in [6.07, 6.45) is 4.27. The van der Waals surface area contributed by atoms with Gasteiger partial charge in [0.25, 0.3) is 0 Å². The van der Waals surface area contributed by atoms with Crippen LogP contribution in [0.5, 0.6) is 5.75 Å². The van der Waals surface area contributed by atoms with Crippen molar-refractivity contribution in [3.63, 3.8) is 0 Å². The number of hydrogen-bond donors (Lipinski definition) is 0. The molecule has 198 valence electrons. The minimum absolute atomic E-state index is 0.0202. The number of hydrogen-bond acceptors (Lipinski definition) is 8. The molecule has 3 aromatic rings. The highest BCUT2D eigenvalue weighted by molar-refractivity contribution is 8.14. The highest BCUT2D eigenvalue weighted by atomic mass is 32.2. The minimum Gasteiger partial charge on any atom is -0.497 e. The zero-order chi connectivity index (χ0) is 26.6. The Labute approximate surface area is 225 Å². The number of ketones is 1. The molecule has 1 aliphatic carbocycles. The minimum atomic E-state index is -0.661. The standard InChI is InChI=1S/C28H30FN5O3S/c1-18(35)38-25-13-14-33(27(28(36)20-9-10-20)23-5-3-4-6-24(23)29)17-21(25)15-26-30-31-32-34(26)16-19-7-11-22(37-2)12-8-19/h3-8,11-12,15,20,25,27H,9-10,13-14,16-17H2,1-2H3/b21-15-. The summed E-state index contributed by atoms with van der Waals surface area (Å²) in [5.74, 6) is 0.998. The Bertz CT molecular complexity index is 1340. The molecule has 0 N–H and O–H groups in total. The summed E-state index contributed by atoms with van der Waals surface area (Å²) in [4.78, 5) is 27.5. The Morgan fingerprint density at radius 1 is 1.16 bits per heavy atom. The van der Waals surface area contributed by atoms with Crippen LogP contribution in [0.3, 0.4) is 0 Å². The number of piperidine rings is 1. The number of rotatable bonds is 9. The summed E-state index contributed by atoms with van der Waals surface area (Å²) in [6, 6.07) is 13.5. The van der Waals surface area contributed by atoms with Crippen molar-refractivity contribution in [1.29, 1.82) is 0 Å². The molecule has 2 atom stereocenters. The van der Waals surface area contributed by atoms with Crippen LogP contribution < -0.4 is 4.74 Å². The van der Waals surface area contributed by atoms with E-state index in [9.17, 15) is 14.0 Å². The zero-order valence-corrected chi connectivity index (χ0v) is 22.2. The van der Waals surface area contributed by atoms with Gasteiger partial charge >= 0.3 is 0 Å². The van der Waals surface area contributed by atoms with Crippen molar-refractivity contribution in [2.45, 2.75) is 44.0 Å². The van der Waals surface area contributed by atoms with E-state index in [-0.39, 0.29) is 27.9 Å². The van der Waals surface area contributed by atoms with Crippen LogP contribution in [0.4, 0.5) is 4.39 Å². The van der Waals surface area contributed by atoms with E-state index in [0.29, 0.717) is 37.4 Å². The quantitative estimate of drug-likeness (QED) is 0.400. The maximum absolute atomic E-state index is 14.9. The second-order valence-electron chi connectivity index (χ2n) is 9.72. The highest BCUT2D eigenvalue weighted by Crippen LogP contribution is 2.40. The number of likely N-dealkylation sites (tertiary alicyclic amines) is 1. The summed E-state index contributed by atoms with van der Waals surface area (Å²) in [5, 5.41) is 12.2.